The third-order valence-corrected chi connectivity index (χ3v) is 3.86. The standard InChI is InChI=1S/C15H26O3/c1-3-5-6-7-8-9-12(16)15-11(4-2)13(17)10-14(15)18/h9,11,14-16,18H,3-8,10H2,1-2H3/t11-,14+,15-/m0/s1. The van der Waals surface area contributed by atoms with E-state index in [2.05, 4.69) is 6.92 Å². The zero-order valence-corrected chi connectivity index (χ0v) is 11.6. The van der Waals surface area contributed by atoms with Crippen molar-refractivity contribution in [2.75, 3.05) is 0 Å². The summed E-state index contributed by atoms with van der Waals surface area (Å²) in [5, 5.41) is 19.9. The molecule has 3 nitrogen and oxygen atoms in total. The van der Waals surface area contributed by atoms with Crippen LogP contribution in [0.1, 0.15) is 58.8 Å². The molecule has 0 aromatic rings. The van der Waals surface area contributed by atoms with E-state index in [1.807, 2.05) is 6.92 Å². The SMILES string of the molecule is CCCCCCC=C(O)[C@H]1[C@H](O)CC(=O)[C@@H]1CC. The molecule has 0 saturated heterocycles. The van der Waals surface area contributed by atoms with Crippen molar-refractivity contribution in [2.45, 2.75) is 64.9 Å². The summed E-state index contributed by atoms with van der Waals surface area (Å²) in [6.45, 7) is 4.10. The smallest absolute Gasteiger partial charge is 0.139 e. The molecular formula is C15H26O3. The highest BCUT2D eigenvalue weighted by Crippen LogP contribution is 2.35. The van der Waals surface area contributed by atoms with E-state index < -0.39 is 6.10 Å². The minimum absolute atomic E-state index is 0.0842. The molecule has 0 bridgehead atoms. The number of aliphatic hydroxyl groups is 2. The molecule has 18 heavy (non-hydrogen) atoms. The number of Topliss-reactive ketones (excluding diaryl/α,β-unsaturated/α-hetero) is 1. The zero-order valence-electron chi connectivity index (χ0n) is 11.6. The molecule has 3 atom stereocenters. The molecule has 1 saturated carbocycles. The Balaban J connectivity index is 2.50. The van der Waals surface area contributed by atoms with Crippen molar-refractivity contribution in [3.63, 3.8) is 0 Å². The first kappa shape index (κ1) is 15.2. The van der Waals surface area contributed by atoms with Crippen molar-refractivity contribution < 1.29 is 15.0 Å². The molecule has 1 rings (SSSR count). The lowest BCUT2D eigenvalue weighted by molar-refractivity contribution is -0.121. The number of unbranched alkanes of at least 4 members (excludes halogenated alkanes) is 4. The maximum absolute atomic E-state index is 11.6. The maximum atomic E-state index is 11.6. The number of aliphatic hydroxyl groups excluding tert-OH is 2. The van der Waals surface area contributed by atoms with E-state index in [1.54, 1.807) is 6.08 Å². The summed E-state index contributed by atoms with van der Waals surface area (Å²) in [6.07, 6.45) is 7.46. The van der Waals surface area contributed by atoms with Gasteiger partial charge in [0, 0.05) is 12.3 Å². The minimum Gasteiger partial charge on any atom is -0.512 e. The Morgan fingerprint density at radius 1 is 1.33 bits per heavy atom. The monoisotopic (exact) mass is 254 g/mol. The van der Waals surface area contributed by atoms with Crippen LogP contribution in [0, 0.1) is 11.8 Å². The molecule has 0 aromatic carbocycles. The van der Waals surface area contributed by atoms with Crippen LogP contribution in [-0.2, 0) is 4.79 Å². The van der Waals surface area contributed by atoms with Gasteiger partial charge in [0.15, 0.2) is 0 Å². The number of hydrogen-bond donors (Lipinski definition) is 2. The molecule has 2 N–H and O–H groups in total. The van der Waals surface area contributed by atoms with Crippen LogP contribution in [0.3, 0.4) is 0 Å². The highest BCUT2D eigenvalue weighted by molar-refractivity contribution is 5.84. The maximum Gasteiger partial charge on any atom is 0.139 e. The van der Waals surface area contributed by atoms with Gasteiger partial charge in [-0.25, -0.2) is 0 Å². The number of hydrogen-bond acceptors (Lipinski definition) is 3. The van der Waals surface area contributed by atoms with E-state index in [4.69, 9.17) is 0 Å². The van der Waals surface area contributed by atoms with Crippen LogP contribution in [0.5, 0.6) is 0 Å². The number of ketones is 1. The summed E-state index contributed by atoms with van der Waals surface area (Å²) in [5.74, 6) is -0.266. The van der Waals surface area contributed by atoms with E-state index >= 15 is 0 Å². The van der Waals surface area contributed by atoms with Gasteiger partial charge in [0.2, 0.25) is 0 Å². The summed E-state index contributed by atoms with van der Waals surface area (Å²) >= 11 is 0. The molecule has 3 heteroatoms. The fourth-order valence-electron chi connectivity index (χ4n) is 2.79. The lowest BCUT2D eigenvalue weighted by Crippen LogP contribution is -2.22. The van der Waals surface area contributed by atoms with Crippen LogP contribution in [0.15, 0.2) is 11.8 Å². The van der Waals surface area contributed by atoms with Crippen molar-refractivity contribution in [2.24, 2.45) is 11.8 Å². The molecule has 1 fully saturated rings. The Labute approximate surface area is 110 Å². The molecule has 0 spiro atoms. The summed E-state index contributed by atoms with van der Waals surface area (Å²) < 4.78 is 0. The van der Waals surface area contributed by atoms with Gasteiger partial charge in [-0.1, -0.05) is 33.1 Å². The number of allylic oxidation sites excluding steroid dienone is 1. The largest absolute Gasteiger partial charge is 0.512 e. The van der Waals surface area contributed by atoms with Gasteiger partial charge in [-0.05, 0) is 25.3 Å². The van der Waals surface area contributed by atoms with E-state index in [0.717, 1.165) is 12.8 Å². The van der Waals surface area contributed by atoms with Crippen LogP contribution < -0.4 is 0 Å². The molecular weight excluding hydrogens is 228 g/mol. The average molecular weight is 254 g/mol. The molecule has 0 unspecified atom stereocenters. The second-order valence-electron chi connectivity index (χ2n) is 5.26. The van der Waals surface area contributed by atoms with Gasteiger partial charge in [0.25, 0.3) is 0 Å². The predicted molar refractivity (Wildman–Crippen MR) is 72.4 cm³/mol. The molecule has 0 aromatic heterocycles. The summed E-state index contributed by atoms with van der Waals surface area (Å²) in [6, 6.07) is 0. The lowest BCUT2D eigenvalue weighted by atomic mass is 9.89. The number of rotatable bonds is 7. The zero-order chi connectivity index (χ0) is 13.5. The fourth-order valence-corrected chi connectivity index (χ4v) is 2.79. The minimum atomic E-state index is -0.700. The van der Waals surface area contributed by atoms with Crippen molar-refractivity contribution in [3.8, 4) is 0 Å². The lowest BCUT2D eigenvalue weighted by Gasteiger charge is -2.19. The van der Waals surface area contributed by atoms with E-state index in [0.29, 0.717) is 6.42 Å². The molecule has 1 aliphatic carbocycles. The fraction of sp³-hybridized carbons (Fsp3) is 0.800. The van der Waals surface area contributed by atoms with Gasteiger partial charge in [0.05, 0.1) is 17.8 Å². The Bertz CT molecular complexity index is 296. The molecule has 1 aliphatic rings. The second kappa shape index (κ2) is 7.57. The highest BCUT2D eigenvalue weighted by atomic mass is 16.3. The number of carbonyl (C=O) groups excluding carboxylic acids is 1. The van der Waals surface area contributed by atoms with Crippen molar-refractivity contribution >= 4 is 5.78 Å². The van der Waals surface area contributed by atoms with Crippen LogP contribution in [0.4, 0.5) is 0 Å². The van der Waals surface area contributed by atoms with E-state index in [-0.39, 0.29) is 29.8 Å². The van der Waals surface area contributed by atoms with E-state index in [1.165, 1.54) is 19.3 Å². The first-order valence-electron chi connectivity index (χ1n) is 7.21. The predicted octanol–water partition coefficient (Wildman–Crippen LogP) is 3.37. The Morgan fingerprint density at radius 2 is 2.06 bits per heavy atom. The van der Waals surface area contributed by atoms with Crippen LogP contribution in [0.25, 0.3) is 0 Å². The average Bonchev–Trinajstić information content (AvgIpc) is 2.63. The van der Waals surface area contributed by atoms with Crippen molar-refractivity contribution in [1.82, 2.24) is 0 Å². The van der Waals surface area contributed by atoms with Gasteiger partial charge in [-0.15, -0.1) is 0 Å². The summed E-state index contributed by atoms with van der Waals surface area (Å²) in [4.78, 5) is 11.6. The number of carbonyl (C=O) groups is 1. The highest BCUT2D eigenvalue weighted by Gasteiger charge is 2.42. The van der Waals surface area contributed by atoms with Crippen LogP contribution >= 0.6 is 0 Å². The van der Waals surface area contributed by atoms with Crippen LogP contribution in [0.2, 0.25) is 0 Å². The first-order chi connectivity index (χ1) is 8.61. The Hall–Kier alpha value is -0.830. The Morgan fingerprint density at radius 3 is 2.67 bits per heavy atom. The summed E-state index contributed by atoms with van der Waals surface area (Å²) in [7, 11) is 0. The van der Waals surface area contributed by atoms with Gasteiger partial charge in [0.1, 0.15) is 5.78 Å². The van der Waals surface area contributed by atoms with Gasteiger partial charge in [-0.3, -0.25) is 4.79 Å². The second-order valence-corrected chi connectivity index (χ2v) is 5.26. The molecule has 0 heterocycles. The third-order valence-electron chi connectivity index (χ3n) is 3.86. The molecule has 0 amide bonds. The topological polar surface area (TPSA) is 57.5 Å². The third kappa shape index (κ3) is 3.84. The summed E-state index contributed by atoms with van der Waals surface area (Å²) in [5.41, 5.74) is 0. The molecule has 0 aliphatic heterocycles. The van der Waals surface area contributed by atoms with Gasteiger partial charge >= 0.3 is 0 Å². The normalized spacial score (nSPS) is 28.9. The Kier molecular flexibility index (Phi) is 6.41. The van der Waals surface area contributed by atoms with Gasteiger partial charge in [-0.2, -0.15) is 0 Å². The van der Waals surface area contributed by atoms with Crippen molar-refractivity contribution in [3.05, 3.63) is 11.8 Å². The first-order valence-corrected chi connectivity index (χ1v) is 7.21. The van der Waals surface area contributed by atoms with Crippen molar-refractivity contribution in [1.29, 1.82) is 0 Å². The quantitative estimate of drug-likeness (QED) is 0.541. The van der Waals surface area contributed by atoms with Crippen LogP contribution in [-0.4, -0.2) is 22.1 Å². The van der Waals surface area contributed by atoms with Gasteiger partial charge < -0.3 is 10.2 Å². The van der Waals surface area contributed by atoms with E-state index in [9.17, 15) is 15.0 Å². The molecule has 0 radical (unpaired) electrons. The molecule has 104 valence electrons.